The Balaban J connectivity index is 2.07. The van der Waals surface area contributed by atoms with Crippen LogP contribution in [0.4, 0.5) is 5.69 Å². The molecule has 0 saturated heterocycles. The largest absolute Gasteiger partial charge is 0.419 e. The molecule has 0 fully saturated rings. The highest BCUT2D eigenvalue weighted by Crippen LogP contribution is 2.21. The molecule has 100 valence electrons. The lowest BCUT2D eigenvalue weighted by Gasteiger charge is -1.97. The predicted octanol–water partition coefficient (Wildman–Crippen LogP) is 2.14. The molecule has 19 heavy (non-hydrogen) atoms. The van der Waals surface area contributed by atoms with Gasteiger partial charge in [0.25, 0.3) is 5.69 Å². The molecule has 1 aromatic heterocycles. The summed E-state index contributed by atoms with van der Waals surface area (Å²) in [5.74, 6) is 0.866. The minimum Gasteiger partial charge on any atom is -0.419 e. The Morgan fingerprint density at radius 2 is 2.05 bits per heavy atom. The second-order valence-corrected chi connectivity index (χ2v) is 3.98. The number of non-ortho nitro benzene ring substituents is 1. The topological polar surface area (TPSA) is 94.1 Å². The van der Waals surface area contributed by atoms with E-state index in [1.807, 2.05) is 0 Å². The van der Waals surface area contributed by atoms with E-state index in [1.165, 1.54) is 12.1 Å². The molecule has 7 nitrogen and oxygen atoms in total. The standard InChI is InChI=1S/C12H14N4O3/c1-2-7-13-8-11-14-15-12(19-11)9-3-5-10(6-4-9)16(17)18/h3-6,13H,2,7-8H2,1H3. The number of aromatic nitrogens is 2. The van der Waals surface area contributed by atoms with E-state index < -0.39 is 4.92 Å². The summed E-state index contributed by atoms with van der Waals surface area (Å²) in [6.45, 7) is 3.48. The fourth-order valence-electron chi connectivity index (χ4n) is 1.54. The highest BCUT2D eigenvalue weighted by Gasteiger charge is 2.10. The van der Waals surface area contributed by atoms with Gasteiger partial charge in [-0.2, -0.15) is 0 Å². The second kappa shape index (κ2) is 6.05. The van der Waals surface area contributed by atoms with Crippen molar-refractivity contribution in [2.24, 2.45) is 0 Å². The Kier molecular flexibility index (Phi) is 4.19. The van der Waals surface area contributed by atoms with Gasteiger partial charge < -0.3 is 9.73 Å². The van der Waals surface area contributed by atoms with Crippen molar-refractivity contribution in [1.29, 1.82) is 0 Å². The molecule has 0 aliphatic rings. The molecular weight excluding hydrogens is 248 g/mol. The van der Waals surface area contributed by atoms with Crippen molar-refractivity contribution < 1.29 is 9.34 Å². The third kappa shape index (κ3) is 3.35. The molecule has 0 bridgehead atoms. The lowest BCUT2D eigenvalue weighted by atomic mass is 10.2. The number of rotatable bonds is 6. The van der Waals surface area contributed by atoms with Crippen LogP contribution in [0.1, 0.15) is 19.2 Å². The summed E-state index contributed by atoms with van der Waals surface area (Å²) in [5.41, 5.74) is 0.702. The van der Waals surface area contributed by atoms with E-state index in [2.05, 4.69) is 22.4 Å². The van der Waals surface area contributed by atoms with Crippen LogP contribution in [0, 0.1) is 10.1 Å². The summed E-state index contributed by atoms with van der Waals surface area (Å²) in [6, 6.07) is 6.01. The van der Waals surface area contributed by atoms with E-state index in [4.69, 9.17) is 4.42 Å². The Labute approximate surface area is 109 Å². The van der Waals surface area contributed by atoms with Crippen LogP contribution in [-0.2, 0) is 6.54 Å². The Morgan fingerprint density at radius 3 is 2.68 bits per heavy atom. The minimum absolute atomic E-state index is 0.0353. The number of hydrogen-bond acceptors (Lipinski definition) is 6. The Hall–Kier alpha value is -2.28. The maximum absolute atomic E-state index is 10.5. The van der Waals surface area contributed by atoms with Crippen molar-refractivity contribution in [3.8, 4) is 11.5 Å². The van der Waals surface area contributed by atoms with E-state index in [0.717, 1.165) is 13.0 Å². The molecule has 0 aliphatic heterocycles. The Bertz CT molecular complexity index is 550. The van der Waals surface area contributed by atoms with E-state index in [0.29, 0.717) is 23.9 Å². The molecule has 0 radical (unpaired) electrons. The molecule has 2 aromatic rings. The molecule has 0 atom stereocenters. The fourth-order valence-corrected chi connectivity index (χ4v) is 1.54. The van der Waals surface area contributed by atoms with Gasteiger partial charge in [0.1, 0.15) is 0 Å². The first-order chi connectivity index (χ1) is 9.20. The Morgan fingerprint density at radius 1 is 1.32 bits per heavy atom. The van der Waals surface area contributed by atoms with Gasteiger partial charge in [0.2, 0.25) is 11.8 Å². The van der Waals surface area contributed by atoms with Gasteiger partial charge in [0, 0.05) is 17.7 Å². The number of nitrogens with zero attached hydrogens (tertiary/aromatic N) is 3. The summed E-state index contributed by atoms with van der Waals surface area (Å²) >= 11 is 0. The van der Waals surface area contributed by atoms with Gasteiger partial charge in [-0.25, -0.2) is 0 Å². The zero-order chi connectivity index (χ0) is 13.7. The maximum atomic E-state index is 10.5. The van der Waals surface area contributed by atoms with Crippen LogP contribution in [-0.4, -0.2) is 21.7 Å². The van der Waals surface area contributed by atoms with E-state index >= 15 is 0 Å². The molecule has 0 aliphatic carbocycles. The van der Waals surface area contributed by atoms with Crippen LogP contribution in [0.3, 0.4) is 0 Å². The maximum Gasteiger partial charge on any atom is 0.269 e. The first-order valence-corrected chi connectivity index (χ1v) is 5.98. The first kappa shape index (κ1) is 13.2. The molecule has 0 unspecified atom stereocenters. The third-order valence-corrected chi connectivity index (χ3v) is 2.49. The molecule has 0 saturated carbocycles. The van der Waals surface area contributed by atoms with Crippen molar-refractivity contribution in [2.45, 2.75) is 19.9 Å². The summed E-state index contributed by atoms with van der Waals surface area (Å²) < 4.78 is 5.46. The average molecular weight is 262 g/mol. The normalized spacial score (nSPS) is 10.6. The number of nitro groups is 1. The molecule has 7 heteroatoms. The summed E-state index contributed by atoms with van der Waals surface area (Å²) in [4.78, 5) is 10.1. The van der Waals surface area contributed by atoms with E-state index in [9.17, 15) is 10.1 Å². The zero-order valence-electron chi connectivity index (χ0n) is 10.5. The number of nitrogens with one attached hydrogen (secondary N) is 1. The highest BCUT2D eigenvalue weighted by atomic mass is 16.6. The third-order valence-electron chi connectivity index (χ3n) is 2.49. The number of benzene rings is 1. The molecule has 1 aromatic carbocycles. The average Bonchev–Trinajstić information content (AvgIpc) is 2.88. The van der Waals surface area contributed by atoms with Crippen molar-refractivity contribution in [2.75, 3.05) is 6.54 Å². The quantitative estimate of drug-likeness (QED) is 0.487. The lowest BCUT2D eigenvalue weighted by Crippen LogP contribution is -2.13. The van der Waals surface area contributed by atoms with Gasteiger partial charge in [0.15, 0.2) is 0 Å². The fraction of sp³-hybridized carbons (Fsp3) is 0.333. The van der Waals surface area contributed by atoms with Gasteiger partial charge >= 0.3 is 0 Å². The first-order valence-electron chi connectivity index (χ1n) is 5.98. The smallest absolute Gasteiger partial charge is 0.269 e. The number of nitro benzene ring substituents is 1. The van der Waals surface area contributed by atoms with Gasteiger partial charge in [-0.1, -0.05) is 6.92 Å². The van der Waals surface area contributed by atoms with Gasteiger partial charge in [-0.3, -0.25) is 10.1 Å². The van der Waals surface area contributed by atoms with E-state index in [-0.39, 0.29) is 5.69 Å². The van der Waals surface area contributed by atoms with Crippen LogP contribution >= 0.6 is 0 Å². The summed E-state index contributed by atoms with van der Waals surface area (Å²) in [5, 5.41) is 21.5. The van der Waals surface area contributed by atoms with Crippen LogP contribution in [0.5, 0.6) is 0 Å². The van der Waals surface area contributed by atoms with Crippen LogP contribution < -0.4 is 5.32 Å². The van der Waals surface area contributed by atoms with Crippen molar-refractivity contribution in [3.05, 3.63) is 40.3 Å². The molecule has 1 N–H and O–H groups in total. The molecule has 2 rings (SSSR count). The van der Waals surface area contributed by atoms with Crippen LogP contribution in [0.2, 0.25) is 0 Å². The zero-order valence-corrected chi connectivity index (χ0v) is 10.5. The van der Waals surface area contributed by atoms with E-state index in [1.54, 1.807) is 12.1 Å². The molecule has 0 amide bonds. The summed E-state index contributed by atoms with van der Waals surface area (Å²) in [6.07, 6.45) is 1.03. The van der Waals surface area contributed by atoms with Gasteiger partial charge in [-0.15, -0.1) is 10.2 Å². The SMILES string of the molecule is CCCNCc1nnc(-c2ccc([N+](=O)[O-])cc2)o1. The van der Waals surface area contributed by atoms with Gasteiger partial charge in [-0.05, 0) is 25.1 Å². The molecular formula is C12H14N4O3. The molecule has 0 spiro atoms. The van der Waals surface area contributed by atoms with Crippen molar-refractivity contribution in [3.63, 3.8) is 0 Å². The monoisotopic (exact) mass is 262 g/mol. The van der Waals surface area contributed by atoms with Crippen molar-refractivity contribution >= 4 is 5.69 Å². The number of hydrogen-bond donors (Lipinski definition) is 1. The summed E-state index contributed by atoms with van der Waals surface area (Å²) in [7, 11) is 0. The van der Waals surface area contributed by atoms with Gasteiger partial charge in [0.05, 0.1) is 11.5 Å². The minimum atomic E-state index is -0.447. The predicted molar refractivity (Wildman–Crippen MR) is 68.4 cm³/mol. The van der Waals surface area contributed by atoms with Crippen molar-refractivity contribution in [1.82, 2.24) is 15.5 Å². The lowest BCUT2D eigenvalue weighted by molar-refractivity contribution is -0.384. The van der Waals surface area contributed by atoms with Crippen LogP contribution in [0.15, 0.2) is 28.7 Å². The molecule has 1 heterocycles. The van der Waals surface area contributed by atoms with Crippen LogP contribution in [0.25, 0.3) is 11.5 Å². The second-order valence-electron chi connectivity index (χ2n) is 3.98. The highest BCUT2D eigenvalue weighted by molar-refractivity contribution is 5.55.